The molecule has 2 aromatic carbocycles. The van der Waals surface area contributed by atoms with Gasteiger partial charge in [-0.3, -0.25) is 10.9 Å². The third-order valence-electron chi connectivity index (χ3n) is 2.64. The molecule has 6 N–H and O–H groups in total. The first-order valence-corrected chi connectivity index (χ1v) is 5.88. The molecule has 0 bridgehead atoms. The Morgan fingerprint density at radius 1 is 0.722 bits per heavy atom. The lowest BCUT2D eigenvalue weighted by molar-refractivity contribution is 0.530. The van der Waals surface area contributed by atoms with Gasteiger partial charge in [0.15, 0.2) is 0 Å². The van der Waals surface area contributed by atoms with Gasteiger partial charge in [-0.15, -0.1) is 0 Å². The van der Waals surface area contributed by atoms with Crippen LogP contribution in [0.3, 0.4) is 0 Å². The number of rotatable bonds is 5. The maximum Gasteiger partial charge on any atom is 0.0351 e. The van der Waals surface area contributed by atoms with Crippen LogP contribution in [0.1, 0.15) is 11.1 Å². The lowest BCUT2D eigenvalue weighted by Crippen LogP contribution is -2.30. The molecule has 0 aromatic heterocycles. The van der Waals surface area contributed by atoms with Crippen molar-refractivity contribution in [2.24, 2.45) is 0 Å². The van der Waals surface area contributed by atoms with Crippen LogP contribution in [0.4, 0.5) is 11.4 Å². The number of nitrogen functional groups attached to an aromatic ring is 2. The van der Waals surface area contributed by atoms with Crippen LogP contribution in [0.2, 0.25) is 0 Å². The molecule has 4 heteroatoms. The predicted octanol–water partition coefficient (Wildman–Crippen LogP) is 1.65. The highest BCUT2D eigenvalue weighted by Gasteiger charge is 1.94. The van der Waals surface area contributed by atoms with Crippen molar-refractivity contribution in [3.8, 4) is 0 Å². The summed E-state index contributed by atoms with van der Waals surface area (Å²) in [6.07, 6.45) is 0. The third-order valence-corrected chi connectivity index (χ3v) is 2.64. The summed E-state index contributed by atoms with van der Waals surface area (Å²) >= 11 is 0. The molecular weight excluding hydrogens is 224 g/mol. The number of anilines is 2. The van der Waals surface area contributed by atoms with Gasteiger partial charge in [-0.05, 0) is 35.4 Å². The molecular formula is C14H18N4. The summed E-state index contributed by atoms with van der Waals surface area (Å²) < 4.78 is 0. The summed E-state index contributed by atoms with van der Waals surface area (Å²) in [5, 5.41) is 0. The zero-order valence-electron chi connectivity index (χ0n) is 10.2. The fraction of sp³-hybridized carbons (Fsp3) is 0.143. The van der Waals surface area contributed by atoms with E-state index in [2.05, 4.69) is 10.9 Å². The van der Waals surface area contributed by atoms with Crippen molar-refractivity contribution in [1.82, 2.24) is 10.9 Å². The molecule has 18 heavy (non-hydrogen) atoms. The Hall–Kier alpha value is -2.04. The fourth-order valence-corrected chi connectivity index (χ4v) is 1.67. The van der Waals surface area contributed by atoms with Crippen molar-refractivity contribution in [1.29, 1.82) is 0 Å². The molecule has 0 saturated heterocycles. The van der Waals surface area contributed by atoms with Crippen LogP contribution in [0.5, 0.6) is 0 Å². The average Bonchev–Trinajstić information content (AvgIpc) is 2.37. The van der Waals surface area contributed by atoms with Crippen LogP contribution in [-0.4, -0.2) is 0 Å². The van der Waals surface area contributed by atoms with E-state index in [0.717, 1.165) is 30.0 Å². The molecule has 0 aliphatic rings. The summed E-state index contributed by atoms with van der Waals surface area (Å²) in [5.74, 6) is 0. The zero-order valence-corrected chi connectivity index (χ0v) is 10.2. The molecule has 0 amide bonds. The van der Waals surface area contributed by atoms with Crippen LogP contribution in [0, 0.1) is 0 Å². The molecule has 0 aliphatic heterocycles. The normalized spacial score (nSPS) is 10.4. The van der Waals surface area contributed by atoms with Crippen molar-refractivity contribution in [3.63, 3.8) is 0 Å². The summed E-state index contributed by atoms with van der Waals surface area (Å²) in [6.45, 7) is 1.49. The topological polar surface area (TPSA) is 76.1 Å². The van der Waals surface area contributed by atoms with Gasteiger partial charge in [0.05, 0.1) is 0 Å². The largest absolute Gasteiger partial charge is 0.399 e. The van der Waals surface area contributed by atoms with Gasteiger partial charge in [0.2, 0.25) is 0 Å². The molecule has 94 valence electrons. The lowest BCUT2D eigenvalue weighted by Gasteiger charge is -2.08. The van der Waals surface area contributed by atoms with E-state index < -0.39 is 0 Å². The molecule has 4 nitrogen and oxygen atoms in total. The molecule has 0 radical (unpaired) electrons. The Bertz CT molecular complexity index is 493. The van der Waals surface area contributed by atoms with Crippen molar-refractivity contribution in [3.05, 3.63) is 59.7 Å². The Morgan fingerprint density at radius 2 is 1.39 bits per heavy atom. The van der Waals surface area contributed by atoms with Gasteiger partial charge in [0, 0.05) is 24.5 Å². The Labute approximate surface area is 107 Å². The Kier molecular flexibility index (Phi) is 4.17. The van der Waals surface area contributed by atoms with E-state index in [1.165, 1.54) is 5.56 Å². The van der Waals surface area contributed by atoms with Crippen molar-refractivity contribution in [2.75, 3.05) is 11.5 Å². The number of hydrogen-bond donors (Lipinski definition) is 4. The second-order valence-corrected chi connectivity index (χ2v) is 4.19. The van der Waals surface area contributed by atoms with Crippen LogP contribution < -0.4 is 22.3 Å². The first-order chi connectivity index (χ1) is 8.74. The number of benzene rings is 2. The van der Waals surface area contributed by atoms with Crippen LogP contribution in [-0.2, 0) is 13.1 Å². The quantitative estimate of drug-likeness (QED) is 0.365. The van der Waals surface area contributed by atoms with E-state index in [1.807, 2.05) is 48.5 Å². The lowest BCUT2D eigenvalue weighted by atomic mass is 10.2. The van der Waals surface area contributed by atoms with Crippen molar-refractivity contribution in [2.45, 2.75) is 13.1 Å². The van der Waals surface area contributed by atoms with Gasteiger partial charge in [0.1, 0.15) is 0 Å². The van der Waals surface area contributed by atoms with Gasteiger partial charge >= 0.3 is 0 Å². The van der Waals surface area contributed by atoms with Crippen LogP contribution >= 0.6 is 0 Å². The first kappa shape index (κ1) is 12.4. The van der Waals surface area contributed by atoms with Crippen LogP contribution in [0.15, 0.2) is 48.5 Å². The zero-order chi connectivity index (χ0) is 12.8. The first-order valence-electron chi connectivity index (χ1n) is 5.88. The average molecular weight is 242 g/mol. The maximum absolute atomic E-state index is 5.71. The van der Waals surface area contributed by atoms with Gasteiger partial charge in [-0.2, -0.15) is 0 Å². The number of nitrogens with two attached hydrogens (primary N) is 2. The van der Waals surface area contributed by atoms with Crippen molar-refractivity contribution < 1.29 is 0 Å². The van der Waals surface area contributed by atoms with E-state index in [0.29, 0.717) is 0 Å². The summed E-state index contributed by atoms with van der Waals surface area (Å²) in [5.41, 5.74) is 21.6. The van der Waals surface area contributed by atoms with Gasteiger partial charge in [0.25, 0.3) is 0 Å². The van der Waals surface area contributed by atoms with Gasteiger partial charge < -0.3 is 11.5 Å². The number of nitrogens with one attached hydrogen (secondary N) is 2. The molecule has 0 atom stereocenters. The minimum absolute atomic E-state index is 0.736. The molecule has 0 saturated carbocycles. The molecule has 0 fully saturated rings. The van der Waals surface area contributed by atoms with E-state index in [1.54, 1.807) is 0 Å². The minimum Gasteiger partial charge on any atom is -0.399 e. The second kappa shape index (κ2) is 6.05. The molecule has 0 unspecified atom stereocenters. The Morgan fingerprint density at radius 3 is 2.06 bits per heavy atom. The smallest absolute Gasteiger partial charge is 0.0351 e. The van der Waals surface area contributed by atoms with E-state index in [9.17, 15) is 0 Å². The molecule has 2 rings (SSSR count). The Balaban J connectivity index is 1.74. The highest BCUT2D eigenvalue weighted by atomic mass is 15.3. The number of hydrogen-bond acceptors (Lipinski definition) is 4. The third kappa shape index (κ3) is 3.76. The molecule has 2 aromatic rings. The highest BCUT2D eigenvalue weighted by Crippen LogP contribution is 2.06. The van der Waals surface area contributed by atoms with E-state index >= 15 is 0 Å². The minimum atomic E-state index is 0.736. The summed E-state index contributed by atoms with van der Waals surface area (Å²) in [7, 11) is 0. The predicted molar refractivity (Wildman–Crippen MR) is 75.4 cm³/mol. The fourth-order valence-electron chi connectivity index (χ4n) is 1.67. The highest BCUT2D eigenvalue weighted by molar-refractivity contribution is 5.40. The summed E-state index contributed by atoms with van der Waals surface area (Å²) in [4.78, 5) is 0. The standard InChI is InChI=1S/C14H18N4/c15-13-6-4-11(5-7-13)9-17-18-10-12-2-1-3-14(16)8-12/h1-8,17-18H,9-10,15-16H2. The SMILES string of the molecule is Nc1ccc(CNNCc2cccc(N)c2)cc1. The number of hydrazine groups is 1. The second-order valence-electron chi connectivity index (χ2n) is 4.19. The van der Waals surface area contributed by atoms with E-state index in [-0.39, 0.29) is 0 Å². The monoisotopic (exact) mass is 242 g/mol. The summed E-state index contributed by atoms with van der Waals surface area (Å²) in [6, 6.07) is 15.6. The van der Waals surface area contributed by atoms with Gasteiger partial charge in [-0.25, -0.2) is 0 Å². The van der Waals surface area contributed by atoms with Gasteiger partial charge in [-0.1, -0.05) is 24.3 Å². The maximum atomic E-state index is 5.71. The van der Waals surface area contributed by atoms with E-state index in [4.69, 9.17) is 11.5 Å². The molecule has 0 aliphatic carbocycles. The van der Waals surface area contributed by atoms with Crippen molar-refractivity contribution >= 4 is 11.4 Å². The molecule has 0 spiro atoms. The van der Waals surface area contributed by atoms with Crippen LogP contribution in [0.25, 0.3) is 0 Å². The molecule has 0 heterocycles.